The van der Waals surface area contributed by atoms with E-state index in [1.807, 2.05) is 13.8 Å². The topological polar surface area (TPSA) is 35.5 Å². The Labute approximate surface area is 136 Å². The van der Waals surface area contributed by atoms with Crippen molar-refractivity contribution in [2.75, 3.05) is 19.0 Å². The predicted molar refractivity (Wildman–Crippen MR) is 95.2 cm³/mol. The molecule has 0 aliphatic heterocycles. The van der Waals surface area contributed by atoms with Gasteiger partial charge in [-0.15, -0.1) is 0 Å². The lowest BCUT2D eigenvalue weighted by Crippen LogP contribution is -1.93. The van der Waals surface area contributed by atoms with E-state index in [9.17, 15) is 4.57 Å². The molecule has 0 radical (unpaired) electrons. The molecule has 3 nitrogen and oxygen atoms in total. The van der Waals surface area contributed by atoms with E-state index < -0.39 is 6.80 Å². The Hall–Kier alpha value is 0.500. The molecule has 0 fully saturated rings. The molecule has 0 aromatic rings. The maximum atomic E-state index is 12.2. The Balaban J connectivity index is 3.40. The van der Waals surface area contributed by atoms with E-state index in [2.05, 4.69) is 6.92 Å². The molecule has 0 atom stereocenters. The van der Waals surface area contributed by atoms with Crippen LogP contribution < -0.4 is 0 Å². The maximum Gasteiger partial charge on any atom is 0.389 e. The number of hydrogen-bond donors (Lipinski definition) is 0. The van der Waals surface area contributed by atoms with Gasteiger partial charge in [-0.05, 0) is 31.7 Å². The predicted octanol–water partition coefficient (Wildman–Crippen LogP) is 6.82. The van der Waals surface area contributed by atoms with Crippen molar-refractivity contribution in [2.24, 2.45) is 0 Å². The quantitative estimate of drug-likeness (QED) is 0.228. The van der Waals surface area contributed by atoms with Crippen LogP contribution in [-0.2, 0) is 13.6 Å². The molecule has 0 saturated heterocycles. The van der Waals surface area contributed by atoms with Crippen molar-refractivity contribution in [3.05, 3.63) is 0 Å². The zero-order valence-corrected chi connectivity index (χ0v) is 16.0. The molecular formula is C16H35O3PS. The van der Waals surface area contributed by atoms with Gasteiger partial charge in [0.1, 0.15) is 0 Å². The summed E-state index contributed by atoms with van der Waals surface area (Å²) in [5, 5.41) is 0. The molecule has 21 heavy (non-hydrogen) atoms. The number of hydrogen-bond acceptors (Lipinski definition) is 4. The SMILES string of the molecule is CCCCCCCCCCCCSP(=O)(OCC)OCC. The third-order valence-electron chi connectivity index (χ3n) is 3.32. The Morgan fingerprint density at radius 2 is 1.14 bits per heavy atom. The molecule has 0 aliphatic rings. The molecular weight excluding hydrogens is 303 g/mol. The minimum Gasteiger partial charge on any atom is -0.301 e. The molecule has 0 aliphatic carbocycles. The van der Waals surface area contributed by atoms with Gasteiger partial charge < -0.3 is 9.05 Å². The van der Waals surface area contributed by atoms with Gasteiger partial charge in [0.25, 0.3) is 0 Å². The van der Waals surface area contributed by atoms with Gasteiger partial charge in [-0.1, -0.05) is 64.7 Å². The second-order valence-electron chi connectivity index (χ2n) is 5.30. The molecule has 0 aromatic carbocycles. The molecule has 0 bridgehead atoms. The minimum atomic E-state index is -2.88. The van der Waals surface area contributed by atoms with Crippen LogP contribution in [0, 0.1) is 0 Å². The summed E-state index contributed by atoms with van der Waals surface area (Å²) in [6.45, 7) is 3.98. The van der Waals surface area contributed by atoms with Crippen LogP contribution in [-0.4, -0.2) is 19.0 Å². The van der Waals surface area contributed by atoms with Crippen LogP contribution in [0.5, 0.6) is 0 Å². The Morgan fingerprint density at radius 3 is 1.57 bits per heavy atom. The van der Waals surface area contributed by atoms with E-state index in [0.717, 1.165) is 12.2 Å². The normalized spacial score (nSPS) is 12.0. The van der Waals surface area contributed by atoms with Gasteiger partial charge in [0.2, 0.25) is 0 Å². The molecule has 5 heteroatoms. The lowest BCUT2D eigenvalue weighted by atomic mass is 10.1. The first kappa shape index (κ1) is 21.5. The summed E-state index contributed by atoms with van der Waals surface area (Å²) in [5.41, 5.74) is 0. The van der Waals surface area contributed by atoms with Gasteiger partial charge in [-0.25, -0.2) is 4.57 Å². The summed E-state index contributed by atoms with van der Waals surface area (Å²) in [4.78, 5) is 0. The molecule has 0 rings (SSSR count). The lowest BCUT2D eigenvalue weighted by molar-refractivity contribution is 0.237. The molecule has 0 amide bonds. The first-order valence-corrected chi connectivity index (χ1v) is 11.9. The van der Waals surface area contributed by atoms with E-state index >= 15 is 0 Å². The molecule has 0 N–H and O–H groups in total. The molecule has 0 aromatic heterocycles. The second-order valence-corrected chi connectivity index (χ2v) is 9.49. The standard InChI is InChI=1S/C16H35O3PS/c1-4-7-8-9-10-11-12-13-14-15-16-21-20(17,18-5-2)19-6-3/h4-16H2,1-3H3. The largest absolute Gasteiger partial charge is 0.389 e. The molecule has 0 saturated carbocycles. The third-order valence-corrected chi connectivity index (χ3v) is 7.39. The van der Waals surface area contributed by atoms with Gasteiger partial charge in [-0.2, -0.15) is 0 Å². The van der Waals surface area contributed by atoms with Crippen molar-refractivity contribution < 1.29 is 13.6 Å². The summed E-state index contributed by atoms with van der Waals surface area (Å²) in [5.74, 6) is 0.869. The zero-order chi connectivity index (χ0) is 15.8. The Kier molecular flexibility index (Phi) is 15.8. The smallest absolute Gasteiger partial charge is 0.301 e. The van der Waals surface area contributed by atoms with Gasteiger partial charge in [0.05, 0.1) is 13.2 Å². The summed E-state index contributed by atoms with van der Waals surface area (Å²) in [6.07, 6.45) is 13.2. The monoisotopic (exact) mass is 338 g/mol. The van der Waals surface area contributed by atoms with Crippen molar-refractivity contribution in [3.8, 4) is 0 Å². The van der Waals surface area contributed by atoms with Crippen molar-refractivity contribution in [1.82, 2.24) is 0 Å². The van der Waals surface area contributed by atoms with Crippen LogP contribution in [0.2, 0.25) is 0 Å². The number of unbranched alkanes of at least 4 members (excludes halogenated alkanes) is 9. The maximum absolute atomic E-state index is 12.2. The highest BCUT2D eigenvalue weighted by Crippen LogP contribution is 2.60. The van der Waals surface area contributed by atoms with Crippen molar-refractivity contribution in [2.45, 2.75) is 85.0 Å². The molecule has 0 heterocycles. The van der Waals surface area contributed by atoms with Crippen LogP contribution in [0.3, 0.4) is 0 Å². The van der Waals surface area contributed by atoms with Crippen molar-refractivity contribution in [3.63, 3.8) is 0 Å². The van der Waals surface area contributed by atoms with E-state index in [4.69, 9.17) is 9.05 Å². The zero-order valence-electron chi connectivity index (χ0n) is 14.3. The summed E-state index contributed by atoms with van der Waals surface area (Å²) in [6, 6.07) is 0. The fourth-order valence-corrected chi connectivity index (χ4v) is 5.74. The highest BCUT2D eigenvalue weighted by atomic mass is 32.7. The fraction of sp³-hybridized carbons (Fsp3) is 1.00. The average Bonchev–Trinajstić information content (AvgIpc) is 2.45. The van der Waals surface area contributed by atoms with E-state index in [-0.39, 0.29) is 0 Å². The van der Waals surface area contributed by atoms with E-state index in [1.54, 1.807) is 0 Å². The average molecular weight is 338 g/mol. The molecule has 128 valence electrons. The van der Waals surface area contributed by atoms with Crippen LogP contribution in [0.25, 0.3) is 0 Å². The van der Waals surface area contributed by atoms with Crippen LogP contribution in [0.15, 0.2) is 0 Å². The van der Waals surface area contributed by atoms with Crippen LogP contribution in [0.1, 0.15) is 85.0 Å². The molecule has 0 unspecified atom stereocenters. The van der Waals surface area contributed by atoms with Crippen LogP contribution in [0.4, 0.5) is 0 Å². The van der Waals surface area contributed by atoms with Crippen LogP contribution >= 0.6 is 18.2 Å². The van der Waals surface area contributed by atoms with Crippen molar-refractivity contribution >= 4 is 18.2 Å². The Morgan fingerprint density at radius 1 is 0.714 bits per heavy atom. The van der Waals surface area contributed by atoms with Gasteiger partial charge in [0, 0.05) is 5.75 Å². The second kappa shape index (κ2) is 15.4. The highest BCUT2D eigenvalue weighted by Gasteiger charge is 2.23. The number of rotatable bonds is 16. The Bertz CT molecular complexity index is 252. The van der Waals surface area contributed by atoms with Gasteiger partial charge in [0.15, 0.2) is 0 Å². The van der Waals surface area contributed by atoms with E-state index in [1.165, 1.54) is 69.2 Å². The molecule has 0 spiro atoms. The highest BCUT2D eigenvalue weighted by molar-refractivity contribution is 8.55. The van der Waals surface area contributed by atoms with Gasteiger partial charge >= 0.3 is 6.80 Å². The summed E-state index contributed by atoms with van der Waals surface area (Å²) >= 11 is 1.36. The van der Waals surface area contributed by atoms with Gasteiger partial charge in [-0.3, -0.25) is 0 Å². The summed E-state index contributed by atoms with van der Waals surface area (Å²) in [7, 11) is 0. The van der Waals surface area contributed by atoms with E-state index in [0.29, 0.717) is 13.2 Å². The first-order valence-electron chi connectivity index (χ1n) is 8.72. The third kappa shape index (κ3) is 13.9. The fourth-order valence-electron chi connectivity index (χ4n) is 2.19. The lowest BCUT2D eigenvalue weighted by Gasteiger charge is -2.15. The van der Waals surface area contributed by atoms with Crippen molar-refractivity contribution in [1.29, 1.82) is 0 Å². The first-order chi connectivity index (χ1) is 10.2. The summed E-state index contributed by atoms with van der Waals surface area (Å²) < 4.78 is 22.7. The minimum absolute atomic E-state index is 0.447.